The standard InChI is InChI=1S/C15H18BrN3/c1-17-9-13-10-18-8-7-15(13)19(2)11-12-5-3-4-6-14(12)16/h3-8,10,17H,9,11H2,1-2H3. The third-order valence-corrected chi connectivity index (χ3v) is 3.80. The zero-order chi connectivity index (χ0) is 13.7. The molecule has 2 rings (SSSR count). The van der Waals surface area contributed by atoms with Gasteiger partial charge in [0, 0.05) is 48.3 Å². The Morgan fingerprint density at radius 2 is 2.00 bits per heavy atom. The minimum atomic E-state index is 0.823. The molecule has 0 fully saturated rings. The molecular formula is C15H18BrN3. The molecule has 2 aromatic rings. The van der Waals surface area contributed by atoms with Crippen molar-refractivity contribution in [3.05, 3.63) is 58.3 Å². The third kappa shape index (κ3) is 3.55. The molecule has 19 heavy (non-hydrogen) atoms. The number of hydrogen-bond donors (Lipinski definition) is 1. The molecule has 100 valence electrons. The van der Waals surface area contributed by atoms with Crippen molar-refractivity contribution >= 4 is 21.6 Å². The third-order valence-electron chi connectivity index (χ3n) is 3.02. The maximum atomic E-state index is 4.20. The van der Waals surface area contributed by atoms with Crippen LogP contribution in [0.15, 0.2) is 47.2 Å². The Morgan fingerprint density at radius 1 is 1.21 bits per heavy atom. The first kappa shape index (κ1) is 14.0. The molecule has 0 aliphatic carbocycles. The van der Waals surface area contributed by atoms with Gasteiger partial charge in [0.05, 0.1) is 0 Å². The first-order valence-electron chi connectivity index (χ1n) is 6.24. The maximum Gasteiger partial charge on any atom is 0.0443 e. The van der Waals surface area contributed by atoms with Crippen LogP contribution >= 0.6 is 15.9 Å². The molecule has 0 radical (unpaired) electrons. The van der Waals surface area contributed by atoms with Gasteiger partial charge in [-0.2, -0.15) is 0 Å². The van der Waals surface area contributed by atoms with Crippen molar-refractivity contribution < 1.29 is 0 Å². The van der Waals surface area contributed by atoms with E-state index in [1.54, 1.807) is 0 Å². The smallest absolute Gasteiger partial charge is 0.0443 e. The summed E-state index contributed by atoms with van der Waals surface area (Å²) in [4.78, 5) is 6.44. The van der Waals surface area contributed by atoms with Crippen LogP contribution in [0.25, 0.3) is 0 Å². The van der Waals surface area contributed by atoms with E-state index in [1.165, 1.54) is 16.8 Å². The number of halogens is 1. The first-order chi connectivity index (χ1) is 9.22. The van der Waals surface area contributed by atoms with Crippen molar-refractivity contribution in [2.75, 3.05) is 19.0 Å². The van der Waals surface area contributed by atoms with Crippen LogP contribution in [-0.4, -0.2) is 19.1 Å². The Labute approximate surface area is 122 Å². The van der Waals surface area contributed by atoms with Crippen molar-refractivity contribution in [3.63, 3.8) is 0 Å². The highest BCUT2D eigenvalue weighted by Gasteiger charge is 2.08. The van der Waals surface area contributed by atoms with Crippen LogP contribution in [0.3, 0.4) is 0 Å². The van der Waals surface area contributed by atoms with Gasteiger partial charge in [-0.25, -0.2) is 0 Å². The van der Waals surface area contributed by atoms with Crippen molar-refractivity contribution in [1.82, 2.24) is 10.3 Å². The highest BCUT2D eigenvalue weighted by Crippen LogP contribution is 2.23. The molecule has 0 amide bonds. The Balaban J connectivity index is 2.20. The van der Waals surface area contributed by atoms with Crippen LogP contribution < -0.4 is 10.2 Å². The van der Waals surface area contributed by atoms with Gasteiger partial charge in [-0.1, -0.05) is 34.1 Å². The van der Waals surface area contributed by atoms with Gasteiger partial charge in [-0.05, 0) is 24.7 Å². The van der Waals surface area contributed by atoms with Gasteiger partial charge in [-0.15, -0.1) is 0 Å². The largest absolute Gasteiger partial charge is 0.370 e. The van der Waals surface area contributed by atoms with E-state index in [2.05, 4.69) is 62.4 Å². The number of hydrogen-bond acceptors (Lipinski definition) is 3. The van der Waals surface area contributed by atoms with E-state index in [9.17, 15) is 0 Å². The van der Waals surface area contributed by atoms with Gasteiger partial charge >= 0.3 is 0 Å². The van der Waals surface area contributed by atoms with Gasteiger partial charge in [0.15, 0.2) is 0 Å². The molecule has 0 saturated carbocycles. The molecule has 0 spiro atoms. The van der Waals surface area contributed by atoms with E-state index < -0.39 is 0 Å². The molecule has 1 heterocycles. The highest BCUT2D eigenvalue weighted by molar-refractivity contribution is 9.10. The Hall–Kier alpha value is -1.39. The van der Waals surface area contributed by atoms with Gasteiger partial charge in [0.25, 0.3) is 0 Å². The number of nitrogens with one attached hydrogen (secondary N) is 1. The van der Waals surface area contributed by atoms with E-state index in [1.807, 2.05) is 25.5 Å². The fourth-order valence-electron chi connectivity index (χ4n) is 2.09. The number of benzene rings is 1. The lowest BCUT2D eigenvalue weighted by atomic mass is 10.1. The van der Waals surface area contributed by atoms with Crippen LogP contribution in [0.1, 0.15) is 11.1 Å². The quantitative estimate of drug-likeness (QED) is 0.917. The summed E-state index contributed by atoms with van der Waals surface area (Å²) in [7, 11) is 4.05. The summed E-state index contributed by atoms with van der Waals surface area (Å²) in [6.07, 6.45) is 3.76. The molecule has 0 aliphatic rings. The molecular weight excluding hydrogens is 302 g/mol. The second-order valence-corrected chi connectivity index (χ2v) is 5.34. The molecule has 0 bridgehead atoms. The summed E-state index contributed by atoms with van der Waals surface area (Å²) >= 11 is 3.60. The molecule has 0 unspecified atom stereocenters. The van der Waals surface area contributed by atoms with Crippen LogP contribution in [0, 0.1) is 0 Å². The second kappa shape index (κ2) is 6.68. The summed E-state index contributed by atoms with van der Waals surface area (Å²) in [6.45, 7) is 1.69. The van der Waals surface area contributed by atoms with E-state index in [0.29, 0.717) is 0 Å². The molecule has 3 nitrogen and oxygen atoms in total. The van der Waals surface area contributed by atoms with Gasteiger partial charge in [0.1, 0.15) is 0 Å². The van der Waals surface area contributed by atoms with Crippen molar-refractivity contribution in [1.29, 1.82) is 0 Å². The summed E-state index contributed by atoms with van der Waals surface area (Å²) in [6, 6.07) is 10.4. The zero-order valence-electron chi connectivity index (χ0n) is 11.2. The predicted molar refractivity (Wildman–Crippen MR) is 83.2 cm³/mol. The maximum absolute atomic E-state index is 4.20. The Kier molecular flexibility index (Phi) is 4.93. The summed E-state index contributed by atoms with van der Waals surface area (Å²) in [5.74, 6) is 0. The number of nitrogens with zero attached hydrogens (tertiary/aromatic N) is 2. The van der Waals surface area contributed by atoms with Crippen molar-refractivity contribution in [3.8, 4) is 0 Å². The molecule has 1 aromatic heterocycles. The molecule has 0 aliphatic heterocycles. The minimum absolute atomic E-state index is 0.823. The fraction of sp³-hybridized carbons (Fsp3) is 0.267. The normalized spacial score (nSPS) is 10.5. The average molecular weight is 320 g/mol. The molecule has 0 saturated heterocycles. The Morgan fingerprint density at radius 3 is 2.74 bits per heavy atom. The zero-order valence-corrected chi connectivity index (χ0v) is 12.8. The SMILES string of the molecule is CNCc1cnccc1N(C)Cc1ccccc1Br. The summed E-state index contributed by atoms with van der Waals surface area (Å²) < 4.78 is 1.14. The molecule has 1 aromatic carbocycles. The van der Waals surface area contributed by atoms with Crippen LogP contribution in [0.5, 0.6) is 0 Å². The molecule has 0 atom stereocenters. The van der Waals surface area contributed by atoms with E-state index in [-0.39, 0.29) is 0 Å². The van der Waals surface area contributed by atoms with Crippen molar-refractivity contribution in [2.24, 2.45) is 0 Å². The number of rotatable bonds is 5. The predicted octanol–water partition coefficient (Wildman–Crippen LogP) is 3.20. The monoisotopic (exact) mass is 319 g/mol. The lowest BCUT2D eigenvalue weighted by molar-refractivity contribution is 0.800. The van der Waals surface area contributed by atoms with Crippen LogP contribution in [-0.2, 0) is 13.1 Å². The number of pyridine rings is 1. The highest BCUT2D eigenvalue weighted by atomic mass is 79.9. The lowest BCUT2D eigenvalue weighted by Crippen LogP contribution is -2.20. The fourth-order valence-corrected chi connectivity index (χ4v) is 2.50. The summed E-state index contributed by atoms with van der Waals surface area (Å²) in [5.41, 5.74) is 3.69. The lowest BCUT2D eigenvalue weighted by Gasteiger charge is -2.22. The van der Waals surface area contributed by atoms with Crippen LogP contribution in [0.4, 0.5) is 5.69 Å². The number of aromatic nitrogens is 1. The molecule has 4 heteroatoms. The first-order valence-corrected chi connectivity index (χ1v) is 7.03. The molecule has 1 N–H and O–H groups in total. The van der Waals surface area contributed by atoms with Gasteiger partial charge < -0.3 is 10.2 Å². The second-order valence-electron chi connectivity index (χ2n) is 4.48. The number of anilines is 1. The van der Waals surface area contributed by atoms with E-state index >= 15 is 0 Å². The topological polar surface area (TPSA) is 28.2 Å². The van der Waals surface area contributed by atoms with Crippen LogP contribution in [0.2, 0.25) is 0 Å². The average Bonchev–Trinajstić information content (AvgIpc) is 2.42. The Bertz CT molecular complexity index is 542. The summed E-state index contributed by atoms with van der Waals surface area (Å²) in [5, 5.41) is 3.18. The van der Waals surface area contributed by atoms with Gasteiger partial charge in [0.2, 0.25) is 0 Å². The van der Waals surface area contributed by atoms with E-state index in [4.69, 9.17) is 0 Å². The minimum Gasteiger partial charge on any atom is -0.370 e. The van der Waals surface area contributed by atoms with Gasteiger partial charge in [-0.3, -0.25) is 4.98 Å². The van der Waals surface area contributed by atoms with E-state index in [0.717, 1.165) is 17.6 Å². The van der Waals surface area contributed by atoms with Crippen molar-refractivity contribution in [2.45, 2.75) is 13.1 Å².